The Bertz CT molecular complexity index is 802. The average Bonchev–Trinajstić information content (AvgIpc) is 3.39. The lowest BCUT2D eigenvalue weighted by Crippen LogP contribution is -2.37. The molecule has 1 aromatic carbocycles. The highest BCUT2D eigenvalue weighted by molar-refractivity contribution is 5.79. The monoisotopic (exact) mass is 403 g/mol. The fourth-order valence-corrected chi connectivity index (χ4v) is 3.27. The lowest BCUT2D eigenvalue weighted by molar-refractivity contribution is 0.0168. The molecule has 0 aliphatic carbocycles. The number of aryl methyl sites for hydroxylation is 1. The predicted octanol–water partition coefficient (Wildman–Crippen LogP) is 2.57. The number of aliphatic imine (C=N–C) groups is 1. The molecule has 0 bridgehead atoms. The number of hydrogen-bond acceptors (Lipinski definition) is 4. The van der Waals surface area contributed by atoms with E-state index in [1.165, 1.54) is 6.07 Å². The first-order valence-corrected chi connectivity index (χ1v) is 10.1. The molecule has 0 saturated carbocycles. The average molecular weight is 404 g/mol. The Hall–Kier alpha value is -2.45. The van der Waals surface area contributed by atoms with Crippen LogP contribution in [0.1, 0.15) is 30.7 Å². The van der Waals surface area contributed by atoms with Gasteiger partial charge in [0.1, 0.15) is 11.6 Å². The summed E-state index contributed by atoms with van der Waals surface area (Å²) in [5.41, 5.74) is 1.33. The zero-order chi connectivity index (χ0) is 20.5. The number of hydrogen-bond donors (Lipinski definition) is 2. The first-order chi connectivity index (χ1) is 14.2. The van der Waals surface area contributed by atoms with E-state index in [0.717, 1.165) is 43.8 Å². The van der Waals surface area contributed by atoms with Crippen molar-refractivity contribution in [3.8, 4) is 5.69 Å². The van der Waals surface area contributed by atoms with Gasteiger partial charge in [-0.3, -0.25) is 4.99 Å². The van der Waals surface area contributed by atoms with Gasteiger partial charge in [0.2, 0.25) is 0 Å². The third-order valence-electron chi connectivity index (χ3n) is 4.87. The second-order valence-electron chi connectivity index (χ2n) is 7.05. The first kappa shape index (κ1) is 21.3. The van der Waals surface area contributed by atoms with Crippen molar-refractivity contribution in [2.75, 3.05) is 33.4 Å². The van der Waals surface area contributed by atoms with Crippen molar-refractivity contribution in [3.05, 3.63) is 47.8 Å². The summed E-state index contributed by atoms with van der Waals surface area (Å²) in [6.45, 7) is 5.29. The van der Waals surface area contributed by atoms with E-state index in [1.807, 2.05) is 13.0 Å². The Kier molecular flexibility index (Phi) is 8.01. The molecule has 1 aliphatic rings. The van der Waals surface area contributed by atoms with Crippen LogP contribution in [0.2, 0.25) is 0 Å². The fourth-order valence-electron chi connectivity index (χ4n) is 3.27. The van der Waals surface area contributed by atoms with Gasteiger partial charge in [0.15, 0.2) is 5.96 Å². The van der Waals surface area contributed by atoms with Gasteiger partial charge < -0.3 is 24.7 Å². The number of benzene rings is 1. The number of imidazole rings is 1. The van der Waals surface area contributed by atoms with Gasteiger partial charge in [0.25, 0.3) is 0 Å². The van der Waals surface area contributed by atoms with Crippen molar-refractivity contribution < 1.29 is 13.9 Å². The molecular formula is C21H30FN5O2. The molecule has 1 unspecified atom stereocenters. The Morgan fingerprint density at radius 1 is 1.41 bits per heavy atom. The molecule has 1 aromatic heterocycles. The summed E-state index contributed by atoms with van der Waals surface area (Å²) in [7, 11) is 1.72. The minimum absolute atomic E-state index is 0.266. The van der Waals surface area contributed by atoms with Crippen molar-refractivity contribution in [1.29, 1.82) is 0 Å². The first-order valence-electron chi connectivity index (χ1n) is 10.1. The summed E-state index contributed by atoms with van der Waals surface area (Å²) in [5, 5.41) is 6.45. The zero-order valence-electron chi connectivity index (χ0n) is 17.2. The van der Waals surface area contributed by atoms with E-state index in [4.69, 9.17) is 9.47 Å². The summed E-state index contributed by atoms with van der Waals surface area (Å²) >= 11 is 0. The second kappa shape index (κ2) is 10.9. The van der Waals surface area contributed by atoms with Crippen LogP contribution < -0.4 is 10.6 Å². The molecule has 29 heavy (non-hydrogen) atoms. The second-order valence-corrected chi connectivity index (χ2v) is 7.05. The van der Waals surface area contributed by atoms with Crippen LogP contribution in [-0.2, 0) is 16.0 Å². The normalized spacial score (nSPS) is 16.9. The molecule has 1 aliphatic heterocycles. The molecule has 2 N–H and O–H groups in total. The van der Waals surface area contributed by atoms with Gasteiger partial charge in [-0.2, -0.15) is 0 Å². The summed E-state index contributed by atoms with van der Waals surface area (Å²) in [4.78, 5) is 8.34. The molecule has 3 rings (SSSR count). The van der Waals surface area contributed by atoms with E-state index >= 15 is 0 Å². The summed E-state index contributed by atoms with van der Waals surface area (Å²) in [5.74, 6) is 1.15. The largest absolute Gasteiger partial charge is 0.379 e. The summed E-state index contributed by atoms with van der Waals surface area (Å²) in [6.07, 6.45) is 6.78. The molecule has 1 fully saturated rings. The van der Waals surface area contributed by atoms with Crippen LogP contribution >= 0.6 is 0 Å². The van der Waals surface area contributed by atoms with E-state index in [0.29, 0.717) is 31.4 Å². The minimum atomic E-state index is -0.281. The maximum Gasteiger partial charge on any atom is 0.191 e. The topological polar surface area (TPSA) is 72.7 Å². The standard InChI is InChI=1S/C21H30FN5O2/c1-16-24-9-10-27(16)20-7-6-17(13-19(20)22)14-26-21(23-2)25-8-4-11-28-15-18-5-3-12-29-18/h6-7,9-10,13,18H,3-5,8,11-12,14-15H2,1-2H3,(H2,23,25,26). The molecule has 0 radical (unpaired) electrons. The Balaban J connectivity index is 1.37. The fraction of sp³-hybridized carbons (Fsp3) is 0.524. The van der Waals surface area contributed by atoms with E-state index in [-0.39, 0.29) is 11.9 Å². The maximum atomic E-state index is 14.5. The third-order valence-corrected chi connectivity index (χ3v) is 4.87. The van der Waals surface area contributed by atoms with Crippen LogP contribution in [0.25, 0.3) is 5.69 Å². The van der Waals surface area contributed by atoms with Crippen molar-refractivity contribution in [2.24, 2.45) is 4.99 Å². The van der Waals surface area contributed by atoms with Crippen molar-refractivity contribution in [2.45, 2.75) is 38.8 Å². The number of nitrogens with one attached hydrogen (secondary N) is 2. The highest BCUT2D eigenvalue weighted by Gasteiger charge is 2.15. The van der Waals surface area contributed by atoms with Crippen LogP contribution in [0.15, 0.2) is 35.6 Å². The molecular weight excluding hydrogens is 373 g/mol. The van der Waals surface area contributed by atoms with E-state index in [1.54, 1.807) is 30.1 Å². The quantitative estimate of drug-likeness (QED) is 0.383. The smallest absolute Gasteiger partial charge is 0.191 e. The van der Waals surface area contributed by atoms with Crippen molar-refractivity contribution in [3.63, 3.8) is 0 Å². The Morgan fingerprint density at radius 3 is 3.00 bits per heavy atom. The van der Waals surface area contributed by atoms with Gasteiger partial charge in [-0.1, -0.05) is 6.07 Å². The number of ether oxygens (including phenoxy) is 2. The minimum Gasteiger partial charge on any atom is -0.379 e. The van der Waals surface area contributed by atoms with Crippen LogP contribution in [0.4, 0.5) is 4.39 Å². The number of guanidine groups is 1. The molecule has 1 saturated heterocycles. The number of rotatable bonds is 9. The molecule has 158 valence electrons. The van der Waals surface area contributed by atoms with Gasteiger partial charge in [-0.15, -0.1) is 0 Å². The van der Waals surface area contributed by atoms with Crippen LogP contribution in [-0.4, -0.2) is 55.0 Å². The Morgan fingerprint density at radius 2 is 2.31 bits per heavy atom. The molecule has 8 heteroatoms. The van der Waals surface area contributed by atoms with Gasteiger partial charge in [0, 0.05) is 45.7 Å². The molecule has 0 amide bonds. The molecule has 7 nitrogen and oxygen atoms in total. The van der Waals surface area contributed by atoms with E-state index < -0.39 is 0 Å². The highest BCUT2D eigenvalue weighted by Crippen LogP contribution is 2.16. The number of nitrogens with zero attached hydrogens (tertiary/aromatic N) is 3. The van der Waals surface area contributed by atoms with Gasteiger partial charge >= 0.3 is 0 Å². The highest BCUT2D eigenvalue weighted by atomic mass is 19.1. The van der Waals surface area contributed by atoms with Crippen LogP contribution in [0.3, 0.4) is 0 Å². The van der Waals surface area contributed by atoms with Crippen molar-refractivity contribution >= 4 is 5.96 Å². The van der Waals surface area contributed by atoms with Gasteiger partial charge in [-0.25, -0.2) is 9.37 Å². The number of aromatic nitrogens is 2. The van der Waals surface area contributed by atoms with E-state index in [9.17, 15) is 4.39 Å². The third kappa shape index (κ3) is 6.27. The summed E-state index contributed by atoms with van der Waals surface area (Å²) in [6, 6.07) is 5.20. The van der Waals surface area contributed by atoms with E-state index in [2.05, 4.69) is 20.6 Å². The zero-order valence-corrected chi connectivity index (χ0v) is 17.2. The lowest BCUT2D eigenvalue weighted by atomic mass is 10.2. The Labute approximate surface area is 171 Å². The SMILES string of the molecule is CN=C(NCCCOCC1CCCO1)NCc1ccc(-n2ccnc2C)c(F)c1. The van der Waals surface area contributed by atoms with Crippen LogP contribution in [0, 0.1) is 12.7 Å². The molecule has 2 heterocycles. The van der Waals surface area contributed by atoms with Gasteiger partial charge in [-0.05, 0) is 43.9 Å². The number of halogens is 1. The van der Waals surface area contributed by atoms with Crippen molar-refractivity contribution in [1.82, 2.24) is 20.2 Å². The molecule has 2 aromatic rings. The summed E-state index contributed by atoms with van der Waals surface area (Å²) < 4.78 is 27.4. The molecule has 0 spiro atoms. The molecule has 1 atom stereocenters. The maximum absolute atomic E-state index is 14.5. The van der Waals surface area contributed by atoms with Gasteiger partial charge in [0.05, 0.1) is 18.4 Å². The van der Waals surface area contributed by atoms with Crippen LogP contribution in [0.5, 0.6) is 0 Å². The predicted molar refractivity (Wildman–Crippen MR) is 111 cm³/mol. The lowest BCUT2D eigenvalue weighted by Gasteiger charge is -2.14.